The van der Waals surface area contributed by atoms with E-state index >= 15 is 0 Å². The Labute approximate surface area is 126 Å². The molecule has 21 heavy (non-hydrogen) atoms. The molecule has 106 valence electrons. The van der Waals surface area contributed by atoms with Crippen molar-refractivity contribution in [3.05, 3.63) is 66.4 Å². The highest BCUT2D eigenvalue weighted by Crippen LogP contribution is 2.25. The quantitative estimate of drug-likeness (QED) is 0.699. The van der Waals surface area contributed by atoms with Crippen LogP contribution in [0.15, 0.2) is 60.8 Å². The summed E-state index contributed by atoms with van der Waals surface area (Å²) in [6.45, 7) is 2.21. The zero-order chi connectivity index (χ0) is 14.8. The Hall–Kier alpha value is -2.19. The fraction of sp³-hybridized carbons (Fsp3) is 0.211. The number of aromatic nitrogens is 1. The summed E-state index contributed by atoms with van der Waals surface area (Å²) in [6, 6.07) is 19.6. The Morgan fingerprint density at radius 1 is 0.905 bits per heavy atom. The van der Waals surface area contributed by atoms with Crippen molar-refractivity contribution in [1.29, 1.82) is 0 Å². The molecule has 0 aliphatic rings. The van der Waals surface area contributed by atoms with Crippen LogP contribution in [0.2, 0.25) is 0 Å². The molecule has 0 amide bonds. The average Bonchev–Trinajstić information content (AvgIpc) is 2.54. The number of hydrogen-bond acceptors (Lipinski definition) is 2. The molecule has 0 saturated heterocycles. The third-order valence-electron chi connectivity index (χ3n) is 4.09. The van der Waals surface area contributed by atoms with Crippen LogP contribution in [0.1, 0.15) is 18.5 Å². The van der Waals surface area contributed by atoms with Crippen molar-refractivity contribution in [2.45, 2.75) is 13.0 Å². The molecule has 1 atom stereocenters. The van der Waals surface area contributed by atoms with Gasteiger partial charge in [0.25, 0.3) is 0 Å². The van der Waals surface area contributed by atoms with Crippen molar-refractivity contribution in [2.24, 2.45) is 0 Å². The van der Waals surface area contributed by atoms with Gasteiger partial charge in [0.05, 0.1) is 5.52 Å². The van der Waals surface area contributed by atoms with Gasteiger partial charge in [0.15, 0.2) is 0 Å². The van der Waals surface area contributed by atoms with Crippen LogP contribution in [0.5, 0.6) is 0 Å². The summed E-state index contributed by atoms with van der Waals surface area (Å²) >= 11 is 0. The second-order valence-electron chi connectivity index (χ2n) is 5.68. The first-order chi connectivity index (χ1) is 10.1. The summed E-state index contributed by atoms with van der Waals surface area (Å²) in [5.41, 5.74) is 4.75. The molecule has 0 saturated carbocycles. The molecule has 3 aromatic rings. The molecule has 1 heterocycles. The maximum absolute atomic E-state index is 4.54. The van der Waals surface area contributed by atoms with Crippen LogP contribution in [0, 0.1) is 0 Å². The minimum Gasteiger partial charge on any atom is -0.303 e. The third kappa shape index (κ3) is 2.81. The lowest BCUT2D eigenvalue weighted by atomic mass is 10.0. The van der Waals surface area contributed by atoms with Crippen LogP contribution >= 0.6 is 0 Å². The number of rotatable bonds is 3. The minimum atomic E-state index is 0.425. The van der Waals surface area contributed by atoms with Crippen LogP contribution in [-0.4, -0.2) is 24.0 Å². The van der Waals surface area contributed by atoms with E-state index in [1.807, 2.05) is 18.3 Å². The lowest BCUT2D eigenvalue weighted by Gasteiger charge is -2.20. The van der Waals surface area contributed by atoms with Crippen LogP contribution in [-0.2, 0) is 0 Å². The summed E-state index contributed by atoms with van der Waals surface area (Å²) < 4.78 is 0. The zero-order valence-corrected chi connectivity index (χ0v) is 12.7. The predicted molar refractivity (Wildman–Crippen MR) is 89.3 cm³/mol. The number of nitrogens with zero attached hydrogens (tertiary/aromatic N) is 2. The van der Waals surface area contributed by atoms with Crippen molar-refractivity contribution in [2.75, 3.05) is 14.1 Å². The summed E-state index contributed by atoms with van der Waals surface area (Å²) in [4.78, 5) is 6.75. The highest BCUT2D eigenvalue weighted by atomic mass is 15.1. The van der Waals surface area contributed by atoms with E-state index in [4.69, 9.17) is 0 Å². The topological polar surface area (TPSA) is 16.1 Å². The molecule has 1 unspecified atom stereocenters. The lowest BCUT2D eigenvalue weighted by Crippen LogP contribution is -2.16. The van der Waals surface area contributed by atoms with E-state index < -0.39 is 0 Å². The first-order valence-corrected chi connectivity index (χ1v) is 7.27. The van der Waals surface area contributed by atoms with Crippen LogP contribution in [0.25, 0.3) is 22.0 Å². The van der Waals surface area contributed by atoms with Crippen molar-refractivity contribution < 1.29 is 0 Å². The summed E-state index contributed by atoms with van der Waals surface area (Å²) in [5, 5.41) is 1.18. The molecular formula is C19H20N2. The molecule has 2 nitrogen and oxygen atoms in total. The largest absolute Gasteiger partial charge is 0.303 e. The van der Waals surface area contributed by atoms with Crippen molar-refractivity contribution >= 4 is 10.9 Å². The molecule has 2 heteroatoms. The maximum atomic E-state index is 4.54. The third-order valence-corrected chi connectivity index (χ3v) is 4.09. The lowest BCUT2D eigenvalue weighted by molar-refractivity contribution is 0.321. The van der Waals surface area contributed by atoms with Gasteiger partial charge in [0.1, 0.15) is 0 Å². The molecule has 2 aromatic carbocycles. The van der Waals surface area contributed by atoms with Gasteiger partial charge < -0.3 is 4.90 Å². The first kappa shape index (κ1) is 13.8. The monoisotopic (exact) mass is 276 g/mol. The molecule has 0 bridgehead atoms. The SMILES string of the molecule is CC(c1ccc(-c2cnc3ccccc3c2)cc1)N(C)C. The Morgan fingerprint density at radius 3 is 2.33 bits per heavy atom. The summed E-state index contributed by atoms with van der Waals surface area (Å²) in [6.07, 6.45) is 1.95. The molecular weight excluding hydrogens is 256 g/mol. The van der Waals surface area contributed by atoms with E-state index in [-0.39, 0.29) is 0 Å². The highest BCUT2D eigenvalue weighted by molar-refractivity contribution is 5.83. The van der Waals surface area contributed by atoms with E-state index in [0.29, 0.717) is 6.04 Å². The minimum absolute atomic E-state index is 0.425. The number of para-hydroxylation sites is 1. The van der Waals surface area contributed by atoms with E-state index in [1.165, 1.54) is 16.5 Å². The van der Waals surface area contributed by atoms with Gasteiger partial charge in [-0.3, -0.25) is 4.98 Å². The molecule has 0 radical (unpaired) electrons. The Bertz CT molecular complexity index is 745. The van der Waals surface area contributed by atoms with Gasteiger partial charge in [0, 0.05) is 23.2 Å². The van der Waals surface area contributed by atoms with E-state index in [1.54, 1.807) is 0 Å². The van der Waals surface area contributed by atoms with Gasteiger partial charge in [-0.15, -0.1) is 0 Å². The Balaban J connectivity index is 1.95. The number of pyridine rings is 1. The molecule has 0 spiro atoms. The van der Waals surface area contributed by atoms with Crippen molar-refractivity contribution in [1.82, 2.24) is 9.88 Å². The second kappa shape index (κ2) is 5.66. The standard InChI is InChI=1S/C19H20N2/c1-14(21(2)3)15-8-10-16(11-9-15)18-12-17-6-4-5-7-19(17)20-13-18/h4-14H,1-3H3. The van der Waals surface area contributed by atoms with Crippen LogP contribution < -0.4 is 0 Å². The number of fused-ring (bicyclic) bond motifs is 1. The van der Waals surface area contributed by atoms with Crippen LogP contribution in [0.4, 0.5) is 0 Å². The van der Waals surface area contributed by atoms with Gasteiger partial charge in [-0.1, -0.05) is 42.5 Å². The van der Waals surface area contributed by atoms with Gasteiger partial charge in [-0.05, 0) is 44.3 Å². The number of hydrogen-bond donors (Lipinski definition) is 0. The average molecular weight is 276 g/mol. The van der Waals surface area contributed by atoms with Gasteiger partial charge in [-0.2, -0.15) is 0 Å². The normalized spacial score (nSPS) is 12.8. The maximum Gasteiger partial charge on any atom is 0.0702 e. The number of benzene rings is 2. The van der Waals surface area contributed by atoms with Crippen LogP contribution in [0.3, 0.4) is 0 Å². The summed E-state index contributed by atoms with van der Waals surface area (Å²) in [7, 11) is 4.21. The Morgan fingerprint density at radius 2 is 1.62 bits per heavy atom. The second-order valence-corrected chi connectivity index (χ2v) is 5.68. The van der Waals surface area contributed by atoms with Crippen molar-refractivity contribution in [3.8, 4) is 11.1 Å². The molecule has 0 fully saturated rings. The fourth-order valence-corrected chi connectivity index (χ4v) is 2.48. The van der Waals surface area contributed by atoms with E-state index in [9.17, 15) is 0 Å². The highest BCUT2D eigenvalue weighted by Gasteiger charge is 2.08. The fourth-order valence-electron chi connectivity index (χ4n) is 2.48. The Kier molecular flexibility index (Phi) is 3.72. The van der Waals surface area contributed by atoms with Crippen molar-refractivity contribution in [3.63, 3.8) is 0 Å². The zero-order valence-electron chi connectivity index (χ0n) is 12.7. The molecule has 0 N–H and O–H groups in total. The van der Waals surface area contributed by atoms with E-state index in [0.717, 1.165) is 11.1 Å². The molecule has 0 aliphatic carbocycles. The summed E-state index contributed by atoms with van der Waals surface area (Å²) in [5.74, 6) is 0. The predicted octanol–water partition coefficient (Wildman–Crippen LogP) is 4.52. The van der Waals surface area contributed by atoms with E-state index in [2.05, 4.69) is 73.4 Å². The van der Waals surface area contributed by atoms with Gasteiger partial charge in [0.2, 0.25) is 0 Å². The molecule has 1 aromatic heterocycles. The molecule has 3 rings (SSSR count). The molecule has 0 aliphatic heterocycles. The smallest absolute Gasteiger partial charge is 0.0702 e. The van der Waals surface area contributed by atoms with Gasteiger partial charge >= 0.3 is 0 Å². The van der Waals surface area contributed by atoms with Gasteiger partial charge in [-0.25, -0.2) is 0 Å². The first-order valence-electron chi connectivity index (χ1n) is 7.27.